The van der Waals surface area contributed by atoms with Crippen LogP contribution < -0.4 is 5.56 Å². The summed E-state index contributed by atoms with van der Waals surface area (Å²) in [4.78, 5) is 41.4. The number of amides is 1. The third-order valence-corrected chi connectivity index (χ3v) is 6.27. The van der Waals surface area contributed by atoms with Crippen molar-refractivity contribution in [2.75, 3.05) is 19.6 Å². The molecule has 2 aromatic heterocycles. The minimum absolute atomic E-state index is 0.0443. The summed E-state index contributed by atoms with van der Waals surface area (Å²) < 4.78 is 14.1. The number of halogens is 1. The Kier molecular flexibility index (Phi) is 5.53. The topological polar surface area (TPSA) is 82.2 Å². The molecule has 1 saturated heterocycles. The highest BCUT2D eigenvalue weighted by Gasteiger charge is 2.30. The van der Waals surface area contributed by atoms with Crippen molar-refractivity contribution < 1.29 is 9.18 Å². The van der Waals surface area contributed by atoms with Crippen LogP contribution in [0, 0.1) is 5.82 Å². The van der Waals surface area contributed by atoms with Crippen molar-refractivity contribution in [3.63, 3.8) is 0 Å². The van der Waals surface area contributed by atoms with E-state index in [1.807, 2.05) is 12.3 Å². The van der Waals surface area contributed by atoms with Crippen LogP contribution in [0.1, 0.15) is 45.3 Å². The normalized spacial score (nSPS) is 18.5. The maximum absolute atomic E-state index is 14.1. The molecule has 2 aliphatic rings. The number of aromatic nitrogens is 3. The number of pyridine rings is 1. The van der Waals surface area contributed by atoms with Crippen LogP contribution in [-0.2, 0) is 19.5 Å². The molecule has 0 aliphatic carbocycles. The van der Waals surface area contributed by atoms with Gasteiger partial charge in [0.1, 0.15) is 11.6 Å². The number of fused-ring (bicyclic) bond motifs is 1. The smallest absolute Gasteiger partial charge is 0.257 e. The quantitative estimate of drug-likeness (QED) is 0.684. The van der Waals surface area contributed by atoms with Gasteiger partial charge in [0.2, 0.25) is 0 Å². The van der Waals surface area contributed by atoms with Gasteiger partial charge in [0, 0.05) is 43.5 Å². The van der Waals surface area contributed by atoms with E-state index in [0.717, 1.165) is 31.6 Å². The third kappa shape index (κ3) is 4.05. The highest BCUT2D eigenvalue weighted by atomic mass is 19.1. The first-order chi connectivity index (χ1) is 15.6. The average Bonchev–Trinajstić information content (AvgIpc) is 3.28. The summed E-state index contributed by atoms with van der Waals surface area (Å²) in [5.41, 5.74) is 2.31. The van der Waals surface area contributed by atoms with E-state index >= 15 is 0 Å². The van der Waals surface area contributed by atoms with Crippen LogP contribution in [0.2, 0.25) is 0 Å². The predicted molar refractivity (Wildman–Crippen MR) is 117 cm³/mol. The Morgan fingerprint density at radius 3 is 2.88 bits per heavy atom. The molecule has 1 N–H and O–H groups in total. The summed E-state index contributed by atoms with van der Waals surface area (Å²) in [5.74, 6) is -0.117. The summed E-state index contributed by atoms with van der Waals surface area (Å²) in [5, 5.41) is 0. The molecule has 1 atom stereocenters. The minimum Gasteiger partial charge on any atom is -0.332 e. The van der Waals surface area contributed by atoms with Crippen LogP contribution >= 0.6 is 0 Å². The summed E-state index contributed by atoms with van der Waals surface area (Å²) in [6, 6.07) is 9.96. The largest absolute Gasteiger partial charge is 0.332 e. The molecule has 0 bridgehead atoms. The van der Waals surface area contributed by atoms with Crippen LogP contribution in [0.3, 0.4) is 0 Å². The fraction of sp³-hybridized carbons (Fsp3) is 0.333. The molecule has 1 aromatic carbocycles. The lowest BCUT2D eigenvalue weighted by Crippen LogP contribution is -2.40. The molecule has 32 heavy (non-hydrogen) atoms. The number of nitrogens with one attached hydrogen (secondary N) is 1. The Balaban J connectivity index is 1.33. The van der Waals surface area contributed by atoms with E-state index in [2.05, 4.69) is 20.9 Å². The number of nitrogens with zero attached hydrogens (tertiary/aromatic N) is 4. The fourth-order valence-electron chi connectivity index (χ4n) is 4.58. The molecule has 1 amide bonds. The lowest BCUT2D eigenvalue weighted by molar-refractivity contribution is 0.0726. The van der Waals surface area contributed by atoms with Crippen molar-refractivity contribution in [3.05, 3.63) is 93.2 Å². The number of hydrogen-bond acceptors (Lipinski definition) is 5. The molecule has 2 aliphatic heterocycles. The van der Waals surface area contributed by atoms with Crippen molar-refractivity contribution in [3.8, 4) is 0 Å². The number of likely N-dealkylation sites (tertiary alicyclic amines) is 1. The summed E-state index contributed by atoms with van der Waals surface area (Å²) in [7, 11) is 0. The molecule has 0 saturated carbocycles. The highest BCUT2D eigenvalue weighted by Crippen LogP contribution is 2.27. The zero-order chi connectivity index (χ0) is 22.1. The number of aromatic amines is 1. The van der Waals surface area contributed by atoms with Crippen molar-refractivity contribution in [1.29, 1.82) is 0 Å². The first-order valence-electron chi connectivity index (χ1n) is 10.9. The number of hydrogen-bond donors (Lipinski definition) is 1. The number of H-pyrrole nitrogens is 1. The van der Waals surface area contributed by atoms with E-state index in [9.17, 15) is 14.0 Å². The zero-order valence-corrected chi connectivity index (χ0v) is 17.6. The van der Waals surface area contributed by atoms with Crippen LogP contribution in [0.5, 0.6) is 0 Å². The van der Waals surface area contributed by atoms with Gasteiger partial charge in [-0.1, -0.05) is 18.2 Å². The SMILES string of the molecule is O=C(c1ccccc1F)N1CCc2c(nc(C3CCN(Cc4cccnc4)C3)[nH]c2=O)C1. The molecular formula is C24H24FN5O2. The van der Waals surface area contributed by atoms with Gasteiger partial charge in [-0.15, -0.1) is 0 Å². The van der Waals surface area contributed by atoms with Crippen molar-refractivity contribution in [2.24, 2.45) is 0 Å². The molecule has 5 rings (SSSR count). The van der Waals surface area contributed by atoms with Gasteiger partial charge < -0.3 is 9.88 Å². The summed E-state index contributed by atoms with van der Waals surface area (Å²) in [6.45, 7) is 3.11. The van der Waals surface area contributed by atoms with E-state index in [1.54, 1.807) is 23.2 Å². The summed E-state index contributed by atoms with van der Waals surface area (Å²) >= 11 is 0. The van der Waals surface area contributed by atoms with Gasteiger partial charge in [0.05, 0.1) is 17.8 Å². The molecule has 8 heteroatoms. The standard InChI is InChI=1S/C24H24FN5O2/c25-20-6-2-1-5-18(20)24(32)30-11-8-19-21(15-30)27-22(28-23(19)31)17-7-10-29(14-17)13-16-4-3-9-26-12-16/h1-6,9,12,17H,7-8,10-11,13-15H2,(H,27,28,31). The van der Waals surface area contributed by atoms with Crippen LogP contribution in [0.15, 0.2) is 53.6 Å². The Labute approximate surface area is 184 Å². The Morgan fingerprint density at radius 1 is 1.19 bits per heavy atom. The first kappa shape index (κ1) is 20.5. The molecule has 164 valence electrons. The lowest BCUT2D eigenvalue weighted by Gasteiger charge is -2.28. The highest BCUT2D eigenvalue weighted by molar-refractivity contribution is 5.94. The lowest BCUT2D eigenvalue weighted by atomic mass is 10.0. The molecule has 4 heterocycles. The molecule has 0 spiro atoms. The number of carbonyl (C=O) groups excluding carboxylic acids is 1. The number of benzene rings is 1. The van der Waals surface area contributed by atoms with Gasteiger partial charge >= 0.3 is 0 Å². The average molecular weight is 433 g/mol. The molecule has 3 aromatic rings. The Morgan fingerprint density at radius 2 is 2.06 bits per heavy atom. The monoisotopic (exact) mass is 433 g/mol. The Bertz CT molecular complexity index is 1200. The van der Waals surface area contributed by atoms with Gasteiger partial charge in [-0.05, 0) is 43.1 Å². The first-order valence-corrected chi connectivity index (χ1v) is 10.9. The minimum atomic E-state index is -0.539. The molecule has 1 fully saturated rings. The zero-order valence-electron chi connectivity index (χ0n) is 17.6. The maximum Gasteiger partial charge on any atom is 0.257 e. The summed E-state index contributed by atoms with van der Waals surface area (Å²) in [6.07, 6.45) is 4.95. The second-order valence-electron chi connectivity index (χ2n) is 8.41. The predicted octanol–water partition coefficient (Wildman–Crippen LogP) is 2.49. The van der Waals surface area contributed by atoms with E-state index in [0.29, 0.717) is 30.0 Å². The van der Waals surface area contributed by atoms with Gasteiger partial charge in [-0.2, -0.15) is 0 Å². The van der Waals surface area contributed by atoms with E-state index in [4.69, 9.17) is 4.98 Å². The van der Waals surface area contributed by atoms with Gasteiger partial charge in [0.15, 0.2) is 0 Å². The van der Waals surface area contributed by atoms with E-state index in [-0.39, 0.29) is 29.5 Å². The molecular weight excluding hydrogens is 409 g/mol. The Hall–Kier alpha value is -3.39. The molecule has 0 radical (unpaired) electrons. The molecule has 7 nitrogen and oxygen atoms in total. The van der Waals surface area contributed by atoms with Gasteiger partial charge in [0.25, 0.3) is 11.5 Å². The second kappa shape index (κ2) is 8.63. The third-order valence-electron chi connectivity index (χ3n) is 6.27. The van der Waals surface area contributed by atoms with Crippen molar-refractivity contribution >= 4 is 5.91 Å². The van der Waals surface area contributed by atoms with Gasteiger partial charge in [-0.25, -0.2) is 9.37 Å². The number of rotatable bonds is 4. The number of carbonyl (C=O) groups is 1. The van der Waals surface area contributed by atoms with E-state index in [1.165, 1.54) is 12.1 Å². The van der Waals surface area contributed by atoms with Crippen molar-refractivity contribution in [1.82, 2.24) is 24.8 Å². The second-order valence-corrected chi connectivity index (χ2v) is 8.41. The fourth-order valence-corrected chi connectivity index (χ4v) is 4.58. The van der Waals surface area contributed by atoms with Crippen LogP contribution in [0.4, 0.5) is 4.39 Å². The van der Waals surface area contributed by atoms with Crippen LogP contribution in [0.25, 0.3) is 0 Å². The van der Waals surface area contributed by atoms with Gasteiger partial charge in [-0.3, -0.25) is 19.5 Å². The van der Waals surface area contributed by atoms with E-state index < -0.39 is 5.82 Å². The maximum atomic E-state index is 14.1. The van der Waals surface area contributed by atoms with Crippen LogP contribution in [-0.4, -0.2) is 50.3 Å². The van der Waals surface area contributed by atoms with Crippen molar-refractivity contribution in [2.45, 2.75) is 31.8 Å². The molecule has 1 unspecified atom stereocenters.